The zero-order chi connectivity index (χ0) is 13.4. The molecule has 2 aromatic carbocycles. The number of aryl methyl sites for hydroxylation is 1. The minimum absolute atomic E-state index is 0.683. The third-order valence-corrected chi connectivity index (χ3v) is 3.36. The van der Waals surface area contributed by atoms with Crippen molar-refractivity contribution in [1.82, 2.24) is 9.97 Å². The van der Waals surface area contributed by atoms with Gasteiger partial charge in [0, 0.05) is 15.7 Å². The average molecular weight is 292 g/mol. The van der Waals surface area contributed by atoms with Crippen molar-refractivity contribution in [2.75, 3.05) is 5.32 Å². The van der Waals surface area contributed by atoms with Crippen LogP contribution in [0.5, 0.6) is 0 Å². The predicted octanol–water partition coefficient (Wildman–Crippen LogP) is 4.92. The Morgan fingerprint density at radius 2 is 1.79 bits per heavy atom. The van der Waals surface area contributed by atoms with Gasteiger partial charge in [0.15, 0.2) is 0 Å². The van der Waals surface area contributed by atoms with Crippen LogP contribution in [0.3, 0.4) is 0 Å². The minimum Gasteiger partial charge on any atom is -0.326 e. The molecule has 0 saturated carbocycles. The Morgan fingerprint density at radius 1 is 1.05 bits per heavy atom. The van der Waals surface area contributed by atoms with Crippen LogP contribution in [0.15, 0.2) is 36.4 Å². The van der Waals surface area contributed by atoms with Gasteiger partial charge in [-0.25, -0.2) is 4.98 Å². The van der Waals surface area contributed by atoms with E-state index in [1.807, 2.05) is 43.3 Å². The molecule has 0 amide bonds. The second-order valence-electron chi connectivity index (χ2n) is 4.33. The van der Waals surface area contributed by atoms with Gasteiger partial charge in [0.2, 0.25) is 5.95 Å². The fourth-order valence-corrected chi connectivity index (χ4v) is 2.33. The molecule has 0 aliphatic rings. The van der Waals surface area contributed by atoms with Gasteiger partial charge in [0.25, 0.3) is 0 Å². The number of imidazole rings is 1. The van der Waals surface area contributed by atoms with Gasteiger partial charge in [-0.15, -0.1) is 0 Å². The zero-order valence-corrected chi connectivity index (χ0v) is 11.7. The van der Waals surface area contributed by atoms with Crippen molar-refractivity contribution in [3.05, 3.63) is 52.0 Å². The molecule has 3 aromatic rings. The molecular formula is C14H11Cl2N3. The first-order valence-corrected chi connectivity index (χ1v) is 6.56. The van der Waals surface area contributed by atoms with Gasteiger partial charge >= 0.3 is 0 Å². The average Bonchev–Trinajstić information content (AvgIpc) is 2.74. The molecule has 5 heteroatoms. The lowest BCUT2D eigenvalue weighted by Gasteiger charge is -2.06. The summed E-state index contributed by atoms with van der Waals surface area (Å²) >= 11 is 11.9. The molecule has 0 aliphatic heterocycles. The fraction of sp³-hybridized carbons (Fsp3) is 0.0714. The highest BCUT2D eigenvalue weighted by atomic mass is 35.5. The van der Waals surface area contributed by atoms with Gasteiger partial charge < -0.3 is 10.3 Å². The summed E-state index contributed by atoms with van der Waals surface area (Å²) < 4.78 is 0. The lowest BCUT2D eigenvalue weighted by molar-refractivity contribution is 1.29. The molecule has 0 saturated heterocycles. The molecule has 0 radical (unpaired) electrons. The van der Waals surface area contributed by atoms with Crippen LogP contribution in [0.1, 0.15) is 5.56 Å². The number of hydrogen-bond donors (Lipinski definition) is 2. The van der Waals surface area contributed by atoms with Crippen molar-refractivity contribution >= 4 is 45.9 Å². The first-order valence-electron chi connectivity index (χ1n) is 5.80. The minimum atomic E-state index is 0.683. The summed E-state index contributed by atoms with van der Waals surface area (Å²) in [5.74, 6) is 0.683. The molecule has 19 heavy (non-hydrogen) atoms. The second-order valence-corrected chi connectivity index (χ2v) is 5.20. The van der Waals surface area contributed by atoms with E-state index in [4.69, 9.17) is 23.2 Å². The molecule has 0 unspecified atom stereocenters. The molecule has 3 nitrogen and oxygen atoms in total. The van der Waals surface area contributed by atoms with Gasteiger partial charge in [-0.05, 0) is 48.9 Å². The van der Waals surface area contributed by atoms with Gasteiger partial charge in [-0.3, -0.25) is 0 Å². The predicted molar refractivity (Wildman–Crippen MR) is 80.6 cm³/mol. The highest BCUT2D eigenvalue weighted by molar-refractivity contribution is 6.31. The number of hydrogen-bond acceptors (Lipinski definition) is 2. The molecule has 0 aliphatic carbocycles. The summed E-state index contributed by atoms with van der Waals surface area (Å²) in [5, 5.41) is 4.65. The zero-order valence-electron chi connectivity index (χ0n) is 10.2. The van der Waals surface area contributed by atoms with E-state index in [-0.39, 0.29) is 0 Å². The van der Waals surface area contributed by atoms with E-state index in [9.17, 15) is 0 Å². The smallest absolute Gasteiger partial charge is 0.205 e. The van der Waals surface area contributed by atoms with Crippen LogP contribution >= 0.6 is 23.2 Å². The Hall–Kier alpha value is -1.71. The number of benzene rings is 2. The van der Waals surface area contributed by atoms with Crippen molar-refractivity contribution in [3.8, 4) is 0 Å². The van der Waals surface area contributed by atoms with Crippen LogP contribution in [0.4, 0.5) is 11.6 Å². The summed E-state index contributed by atoms with van der Waals surface area (Å²) in [4.78, 5) is 7.64. The maximum atomic E-state index is 5.95. The van der Waals surface area contributed by atoms with Gasteiger partial charge in [0.1, 0.15) is 0 Å². The fourth-order valence-electron chi connectivity index (χ4n) is 1.94. The van der Waals surface area contributed by atoms with E-state index < -0.39 is 0 Å². The van der Waals surface area contributed by atoms with Crippen molar-refractivity contribution in [2.24, 2.45) is 0 Å². The molecule has 96 valence electrons. The number of nitrogens with one attached hydrogen (secondary N) is 2. The normalized spacial score (nSPS) is 10.9. The number of nitrogens with zero attached hydrogens (tertiary/aromatic N) is 1. The highest BCUT2D eigenvalue weighted by Gasteiger charge is 2.05. The number of aromatic nitrogens is 2. The summed E-state index contributed by atoms with van der Waals surface area (Å²) in [6, 6.07) is 11.2. The highest BCUT2D eigenvalue weighted by Crippen LogP contribution is 2.24. The van der Waals surface area contributed by atoms with Crippen LogP contribution in [0.25, 0.3) is 11.0 Å². The van der Waals surface area contributed by atoms with Gasteiger partial charge in [-0.2, -0.15) is 0 Å². The monoisotopic (exact) mass is 291 g/mol. The molecular weight excluding hydrogens is 281 g/mol. The van der Waals surface area contributed by atoms with Crippen molar-refractivity contribution in [2.45, 2.75) is 6.92 Å². The Bertz CT molecular complexity index is 750. The van der Waals surface area contributed by atoms with Crippen LogP contribution in [-0.4, -0.2) is 9.97 Å². The molecule has 0 bridgehead atoms. The maximum absolute atomic E-state index is 5.95. The molecule has 2 N–H and O–H groups in total. The van der Waals surface area contributed by atoms with E-state index in [1.54, 1.807) is 0 Å². The molecule has 0 fully saturated rings. The van der Waals surface area contributed by atoms with Crippen molar-refractivity contribution < 1.29 is 0 Å². The maximum Gasteiger partial charge on any atom is 0.205 e. The Balaban J connectivity index is 1.96. The third kappa shape index (κ3) is 2.53. The number of fused-ring (bicyclic) bond motifs is 1. The molecule has 0 atom stereocenters. The van der Waals surface area contributed by atoms with E-state index in [0.717, 1.165) is 27.3 Å². The Morgan fingerprint density at radius 3 is 2.58 bits per heavy atom. The summed E-state index contributed by atoms with van der Waals surface area (Å²) in [5.41, 5.74) is 3.81. The lowest BCUT2D eigenvalue weighted by Crippen LogP contribution is -1.94. The quantitative estimate of drug-likeness (QED) is 0.703. The lowest BCUT2D eigenvalue weighted by atomic mass is 10.2. The van der Waals surface area contributed by atoms with E-state index in [2.05, 4.69) is 15.3 Å². The van der Waals surface area contributed by atoms with Gasteiger partial charge in [0.05, 0.1) is 11.0 Å². The van der Waals surface area contributed by atoms with Crippen LogP contribution in [0, 0.1) is 6.92 Å². The standard InChI is InChI=1S/C14H11Cl2N3/c1-8-6-9(15)2-4-11(8)17-14-18-12-5-3-10(16)7-13(12)19-14/h2-7H,1H3,(H2,17,18,19). The van der Waals surface area contributed by atoms with Crippen molar-refractivity contribution in [1.29, 1.82) is 0 Å². The summed E-state index contributed by atoms with van der Waals surface area (Å²) in [6.45, 7) is 1.99. The summed E-state index contributed by atoms with van der Waals surface area (Å²) in [7, 11) is 0. The van der Waals surface area contributed by atoms with E-state index >= 15 is 0 Å². The van der Waals surface area contributed by atoms with E-state index in [0.29, 0.717) is 11.0 Å². The van der Waals surface area contributed by atoms with Crippen LogP contribution in [0.2, 0.25) is 10.0 Å². The van der Waals surface area contributed by atoms with Crippen molar-refractivity contribution in [3.63, 3.8) is 0 Å². The SMILES string of the molecule is Cc1cc(Cl)ccc1Nc1nc2ccc(Cl)cc2[nH]1. The molecule has 0 spiro atoms. The molecule has 1 aromatic heterocycles. The Kier molecular flexibility index (Phi) is 3.09. The van der Waals surface area contributed by atoms with Crippen LogP contribution < -0.4 is 5.32 Å². The first-order chi connectivity index (χ1) is 9.11. The number of aromatic amines is 1. The molecule has 1 heterocycles. The molecule has 3 rings (SSSR count). The van der Waals surface area contributed by atoms with Gasteiger partial charge in [-0.1, -0.05) is 23.2 Å². The van der Waals surface area contributed by atoms with Crippen LogP contribution in [-0.2, 0) is 0 Å². The van der Waals surface area contributed by atoms with E-state index in [1.165, 1.54) is 0 Å². The second kappa shape index (κ2) is 4.76. The first kappa shape index (κ1) is 12.3. The third-order valence-electron chi connectivity index (χ3n) is 2.89. The number of anilines is 2. The summed E-state index contributed by atoms with van der Waals surface area (Å²) in [6.07, 6.45) is 0. The number of rotatable bonds is 2. The topological polar surface area (TPSA) is 40.7 Å². The largest absolute Gasteiger partial charge is 0.326 e. The number of halogens is 2. The number of H-pyrrole nitrogens is 1. The Labute approximate surface area is 120 Å².